The van der Waals surface area contributed by atoms with Gasteiger partial charge in [0.05, 0.1) is 0 Å². The predicted octanol–water partition coefficient (Wildman–Crippen LogP) is 15.3. The lowest BCUT2D eigenvalue weighted by atomic mass is 9.89. The third-order valence-electron chi connectivity index (χ3n) is 12.7. The fourth-order valence-corrected chi connectivity index (χ4v) is 9.58. The van der Waals surface area contributed by atoms with Gasteiger partial charge in [-0.25, -0.2) is 9.98 Å². The monoisotopic (exact) mass is 819 g/mol. The Hall–Kier alpha value is -8.54. The summed E-state index contributed by atoms with van der Waals surface area (Å²) in [6, 6.07) is 74.8. The van der Waals surface area contributed by atoms with Crippen LogP contribution in [-0.4, -0.2) is 11.7 Å². The summed E-state index contributed by atoms with van der Waals surface area (Å²) in [6.45, 7) is 0. The van der Waals surface area contributed by atoms with Crippen LogP contribution in [0.5, 0.6) is 0 Å². The lowest BCUT2D eigenvalue weighted by molar-refractivity contribution is 0.628. The number of hydrogen-bond acceptors (Lipinski definition) is 5. The summed E-state index contributed by atoms with van der Waals surface area (Å²) >= 11 is 0. The second kappa shape index (κ2) is 14.5. The van der Waals surface area contributed by atoms with Gasteiger partial charge < -0.3 is 14.2 Å². The minimum atomic E-state index is -0.456. The lowest BCUT2D eigenvalue weighted by Crippen LogP contribution is -2.33. The number of furan rings is 2. The van der Waals surface area contributed by atoms with Crippen molar-refractivity contribution < 1.29 is 8.83 Å². The lowest BCUT2D eigenvalue weighted by Gasteiger charge is -2.24. The van der Waals surface area contributed by atoms with Gasteiger partial charge in [-0.05, 0) is 85.8 Å². The number of amidine groups is 2. The maximum atomic E-state index is 6.66. The molecule has 0 aliphatic carbocycles. The number of hydrogen-bond donors (Lipinski definition) is 1. The molecule has 12 aromatic rings. The summed E-state index contributed by atoms with van der Waals surface area (Å²) in [4.78, 5) is 10.5. The molecule has 0 bridgehead atoms. The number of fused-ring (bicyclic) bond motifs is 8. The SMILES string of the molecule is c1ccc(-c2cccc(-c3ccc4oc5cc6ccccc6cc5c4c3-c3ccc(C4=NC(c5ccc6ccccc6c5)=NC(c5cccc6c5oc5ccccc56)N4)cc3)c2)cc1. The second-order valence-electron chi connectivity index (χ2n) is 16.5. The molecule has 0 fully saturated rings. The zero-order valence-electron chi connectivity index (χ0n) is 34.5. The van der Waals surface area contributed by atoms with E-state index in [1.165, 1.54) is 21.9 Å². The van der Waals surface area contributed by atoms with E-state index < -0.39 is 6.17 Å². The molecule has 10 aromatic carbocycles. The largest absolute Gasteiger partial charge is 0.456 e. The quantitative estimate of drug-likeness (QED) is 0.182. The molecule has 3 heterocycles. The Kier molecular flexibility index (Phi) is 8.21. The average molecular weight is 820 g/mol. The Morgan fingerprint density at radius 2 is 1.06 bits per heavy atom. The van der Waals surface area contributed by atoms with Crippen LogP contribution in [-0.2, 0) is 0 Å². The number of aliphatic imine (C=N–C) groups is 2. The zero-order chi connectivity index (χ0) is 42.1. The minimum Gasteiger partial charge on any atom is -0.456 e. The highest BCUT2D eigenvalue weighted by Crippen LogP contribution is 2.45. The minimum absolute atomic E-state index is 0.456. The molecule has 0 saturated carbocycles. The van der Waals surface area contributed by atoms with Gasteiger partial charge in [0.1, 0.15) is 28.2 Å². The highest BCUT2D eigenvalue weighted by atomic mass is 16.3. The van der Waals surface area contributed by atoms with Crippen molar-refractivity contribution in [2.24, 2.45) is 9.98 Å². The maximum absolute atomic E-state index is 6.66. The second-order valence-corrected chi connectivity index (χ2v) is 16.5. The normalized spacial score (nSPS) is 14.1. The number of nitrogens with zero attached hydrogens (tertiary/aromatic N) is 2. The molecule has 1 atom stereocenters. The van der Waals surface area contributed by atoms with Crippen molar-refractivity contribution >= 4 is 77.1 Å². The zero-order valence-corrected chi connectivity index (χ0v) is 34.5. The molecule has 2 aromatic heterocycles. The summed E-state index contributed by atoms with van der Waals surface area (Å²) in [6.07, 6.45) is -0.456. The molecule has 0 spiro atoms. The summed E-state index contributed by atoms with van der Waals surface area (Å²) < 4.78 is 13.2. The maximum Gasteiger partial charge on any atom is 0.159 e. The summed E-state index contributed by atoms with van der Waals surface area (Å²) in [5, 5.41) is 12.7. The van der Waals surface area contributed by atoms with Gasteiger partial charge in [-0.1, -0.05) is 176 Å². The van der Waals surface area contributed by atoms with E-state index in [1.807, 2.05) is 12.1 Å². The molecule has 1 aliphatic heterocycles. The molecule has 1 N–H and O–H groups in total. The van der Waals surface area contributed by atoms with Gasteiger partial charge in [0.15, 0.2) is 12.0 Å². The van der Waals surface area contributed by atoms with E-state index in [-0.39, 0.29) is 0 Å². The highest BCUT2D eigenvalue weighted by molar-refractivity contribution is 6.19. The third-order valence-corrected chi connectivity index (χ3v) is 12.7. The van der Waals surface area contributed by atoms with Crippen LogP contribution in [0.25, 0.3) is 98.8 Å². The van der Waals surface area contributed by atoms with Crippen LogP contribution in [0.15, 0.2) is 231 Å². The fourth-order valence-electron chi connectivity index (χ4n) is 9.58. The van der Waals surface area contributed by atoms with Gasteiger partial charge in [0.25, 0.3) is 0 Å². The van der Waals surface area contributed by atoms with Gasteiger partial charge >= 0.3 is 0 Å². The van der Waals surface area contributed by atoms with E-state index in [4.69, 9.17) is 18.8 Å². The van der Waals surface area contributed by atoms with Crippen LogP contribution < -0.4 is 5.32 Å². The molecule has 64 heavy (non-hydrogen) atoms. The van der Waals surface area contributed by atoms with Gasteiger partial charge in [-0.15, -0.1) is 0 Å². The number of benzene rings is 10. The van der Waals surface area contributed by atoms with Gasteiger partial charge in [0, 0.05) is 43.8 Å². The van der Waals surface area contributed by atoms with Crippen LogP contribution in [0.2, 0.25) is 0 Å². The molecule has 1 aliphatic rings. The molecule has 300 valence electrons. The standard InChI is InChI=1S/C59H37N3O2/c1-2-12-36(13-3-1)41-18-10-19-44(32-41)46-30-31-52-55(50-34-42-16-6-7-17-43(42)35-53(50)63-52)54(46)38-25-27-39(28-26-38)57-60-58(45-29-24-37-14-4-5-15-40(37)33-45)62-59(61-57)49-22-11-21-48-47-20-8-9-23-51(47)64-56(48)49/h1-35,59H,(H,60,61,62). The average Bonchev–Trinajstić information content (AvgIpc) is 3.93. The number of para-hydroxylation sites is 2. The first-order valence-electron chi connectivity index (χ1n) is 21.7. The molecular formula is C59H37N3O2. The molecular weight excluding hydrogens is 783 g/mol. The van der Waals surface area contributed by atoms with Crippen LogP contribution in [0.1, 0.15) is 22.9 Å². The van der Waals surface area contributed by atoms with Crippen molar-refractivity contribution in [2.75, 3.05) is 0 Å². The Morgan fingerprint density at radius 3 is 1.92 bits per heavy atom. The van der Waals surface area contributed by atoms with E-state index in [0.29, 0.717) is 5.84 Å². The third kappa shape index (κ3) is 6.01. The van der Waals surface area contributed by atoms with Gasteiger partial charge in [0.2, 0.25) is 0 Å². The van der Waals surface area contributed by atoms with Crippen molar-refractivity contribution in [1.29, 1.82) is 0 Å². The van der Waals surface area contributed by atoms with Crippen LogP contribution in [0.3, 0.4) is 0 Å². The van der Waals surface area contributed by atoms with Crippen LogP contribution >= 0.6 is 0 Å². The molecule has 13 rings (SSSR count). The van der Waals surface area contributed by atoms with Crippen molar-refractivity contribution in [3.8, 4) is 33.4 Å². The van der Waals surface area contributed by atoms with E-state index in [9.17, 15) is 0 Å². The number of nitrogens with one attached hydrogen (secondary N) is 1. The summed E-state index contributed by atoms with van der Waals surface area (Å²) in [5.74, 6) is 1.39. The molecule has 5 nitrogen and oxygen atoms in total. The molecule has 5 heteroatoms. The van der Waals surface area contributed by atoms with Crippen LogP contribution in [0, 0.1) is 0 Å². The molecule has 0 amide bonds. The number of rotatable bonds is 6. The first-order valence-corrected chi connectivity index (χ1v) is 21.7. The van der Waals surface area contributed by atoms with E-state index in [2.05, 4.69) is 206 Å². The summed E-state index contributed by atoms with van der Waals surface area (Å²) in [7, 11) is 0. The topological polar surface area (TPSA) is 63.0 Å². The van der Waals surface area contributed by atoms with E-state index in [1.54, 1.807) is 0 Å². The van der Waals surface area contributed by atoms with E-state index in [0.717, 1.165) is 99.4 Å². The fraction of sp³-hybridized carbons (Fsp3) is 0.0169. The first kappa shape index (κ1) is 36.1. The highest BCUT2D eigenvalue weighted by Gasteiger charge is 2.26. The first-order chi connectivity index (χ1) is 31.7. The summed E-state index contributed by atoms with van der Waals surface area (Å²) in [5.41, 5.74) is 13.0. The molecule has 0 saturated heterocycles. The Labute approximate surface area is 368 Å². The van der Waals surface area contributed by atoms with E-state index >= 15 is 0 Å². The van der Waals surface area contributed by atoms with Crippen molar-refractivity contribution in [3.63, 3.8) is 0 Å². The molecule has 0 radical (unpaired) electrons. The van der Waals surface area contributed by atoms with Crippen molar-refractivity contribution in [2.45, 2.75) is 6.17 Å². The predicted molar refractivity (Wildman–Crippen MR) is 264 cm³/mol. The Morgan fingerprint density at radius 1 is 0.391 bits per heavy atom. The Balaban J connectivity index is 0.972. The van der Waals surface area contributed by atoms with Gasteiger partial charge in [-0.3, -0.25) is 0 Å². The van der Waals surface area contributed by atoms with Gasteiger partial charge in [-0.2, -0.15) is 0 Å². The van der Waals surface area contributed by atoms with Crippen LogP contribution in [0.4, 0.5) is 0 Å². The van der Waals surface area contributed by atoms with Crippen molar-refractivity contribution in [3.05, 3.63) is 229 Å². The molecule has 1 unspecified atom stereocenters. The smallest absolute Gasteiger partial charge is 0.159 e. The Bertz CT molecular complexity index is 3880. The van der Waals surface area contributed by atoms with Crippen molar-refractivity contribution in [1.82, 2.24) is 5.32 Å².